The Morgan fingerprint density at radius 1 is 0.808 bits per heavy atom. The van der Waals surface area contributed by atoms with Gasteiger partial charge in [-0.1, -0.05) is 45.4 Å². The van der Waals surface area contributed by atoms with Crippen LogP contribution in [0.4, 0.5) is 40.8 Å². The molecule has 1 nitrogen and oxygen atoms in total. The zero-order chi connectivity index (χ0) is 20.0. The first-order valence-corrected chi connectivity index (χ1v) is 8.40. The topological polar surface area (TPSA) is 12.0 Å². The van der Waals surface area contributed by atoms with Gasteiger partial charge in [0.25, 0.3) is 0 Å². The Hall–Kier alpha value is -1.54. The summed E-state index contributed by atoms with van der Waals surface area (Å²) in [5, 5.41) is 2.26. The second-order valence-electron chi connectivity index (χ2n) is 6.03. The van der Waals surface area contributed by atoms with Crippen molar-refractivity contribution >= 4 is 5.69 Å². The number of hydrogen-bond acceptors (Lipinski definition) is 1. The van der Waals surface area contributed by atoms with E-state index in [1.165, 1.54) is 0 Å². The van der Waals surface area contributed by atoms with Gasteiger partial charge in [-0.05, 0) is 6.42 Å². The maximum absolute atomic E-state index is 14.0. The number of rotatable bonds is 10. The third-order valence-corrected chi connectivity index (χ3v) is 3.92. The monoisotopic (exact) mass is 391 g/mol. The average Bonchev–Trinajstić information content (AvgIpc) is 2.53. The van der Waals surface area contributed by atoms with Crippen LogP contribution in [0.3, 0.4) is 0 Å². The lowest BCUT2D eigenvalue weighted by Crippen LogP contribution is -2.36. The summed E-state index contributed by atoms with van der Waals surface area (Å²) in [7, 11) is 0. The lowest BCUT2D eigenvalue weighted by Gasteiger charge is -2.22. The van der Waals surface area contributed by atoms with E-state index < -0.39 is 40.8 Å². The first kappa shape index (κ1) is 22.5. The van der Waals surface area contributed by atoms with Crippen molar-refractivity contribution in [3.63, 3.8) is 0 Å². The molecule has 0 unspecified atom stereocenters. The fourth-order valence-electron chi connectivity index (χ4n) is 2.46. The van der Waals surface area contributed by atoms with Crippen molar-refractivity contribution in [2.24, 2.45) is 0 Å². The molecule has 1 aromatic carbocycles. The number of anilines is 1. The van der Waals surface area contributed by atoms with Gasteiger partial charge in [0, 0.05) is 12.6 Å². The highest BCUT2D eigenvalue weighted by atomic mass is 19.4. The number of halogens is 8. The van der Waals surface area contributed by atoms with Gasteiger partial charge >= 0.3 is 12.1 Å². The molecule has 1 aromatic rings. The number of unbranched alkanes of at least 4 members (excludes halogenated alkanes) is 6. The van der Waals surface area contributed by atoms with E-state index in [0.29, 0.717) is 6.42 Å². The van der Waals surface area contributed by atoms with Crippen molar-refractivity contribution in [3.8, 4) is 0 Å². The molecule has 0 aliphatic rings. The van der Waals surface area contributed by atoms with Gasteiger partial charge in [-0.15, -0.1) is 0 Å². The summed E-state index contributed by atoms with van der Waals surface area (Å²) >= 11 is 0. The summed E-state index contributed by atoms with van der Waals surface area (Å²) < 4.78 is 105. The van der Waals surface area contributed by atoms with Crippen LogP contribution in [0.15, 0.2) is 6.07 Å². The van der Waals surface area contributed by atoms with E-state index in [2.05, 4.69) is 12.2 Å². The van der Waals surface area contributed by atoms with Crippen LogP contribution in [0.5, 0.6) is 0 Å². The van der Waals surface area contributed by atoms with Gasteiger partial charge < -0.3 is 5.32 Å². The molecule has 1 N–H and O–H groups in total. The second kappa shape index (κ2) is 9.41. The highest BCUT2D eigenvalue weighted by Gasteiger charge is 2.62. The summed E-state index contributed by atoms with van der Waals surface area (Å²) in [6.07, 6.45) is 0.101. The molecule has 9 heteroatoms. The molecule has 0 aliphatic carbocycles. The lowest BCUT2D eigenvalue weighted by molar-refractivity contribution is -0.291. The fraction of sp³-hybridized carbons (Fsp3) is 0.647. The zero-order valence-corrected chi connectivity index (χ0v) is 14.3. The second-order valence-corrected chi connectivity index (χ2v) is 6.03. The molecule has 0 saturated heterocycles. The molecule has 0 heterocycles. The van der Waals surface area contributed by atoms with Crippen LogP contribution in [0.25, 0.3) is 0 Å². The summed E-state index contributed by atoms with van der Waals surface area (Å²) in [4.78, 5) is 0. The number of benzene rings is 1. The van der Waals surface area contributed by atoms with Crippen molar-refractivity contribution in [1.82, 2.24) is 0 Å². The largest absolute Gasteiger partial charge is 0.458 e. The molecule has 0 bridgehead atoms. The van der Waals surface area contributed by atoms with Crippen LogP contribution < -0.4 is 5.32 Å². The molecular weight excluding hydrogens is 370 g/mol. The van der Waals surface area contributed by atoms with Crippen molar-refractivity contribution in [2.75, 3.05) is 11.9 Å². The van der Waals surface area contributed by atoms with Crippen LogP contribution in [0.2, 0.25) is 0 Å². The van der Waals surface area contributed by atoms with Crippen LogP contribution in [0.1, 0.15) is 57.4 Å². The van der Waals surface area contributed by atoms with Gasteiger partial charge in [0.05, 0.1) is 5.69 Å². The molecule has 0 atom stereocenters. The molecule has 0 radical (unpaired) electrons. The fourth-order valence-corrected chi connectivity index (χ4v) is 2.46. The minimum absolute atomic E-state index is 0.0345. The van der Waals surface area contributed by atoms with Gasteiger partial charge in [0.15, 0.2) is 17.5 Å². The van der Waals surface area contributed by atoms with E-state index >= 15 is 0 Å². The lowest BCUT2D eigenvalue weighted by atomic mass is 10.0. The molecule has 0 amide bonds. The highest BCUT2D eigenvalue weighted by molar-refractivity contribution is 5.50. The van der Waals surface area contributed by atoms with Crippen molar-refractivity contribution in [3.05, 3.63) is 29.1 Å². The molecule has 0 saturated carbocycles. The first-order chi connectivity index (χ1) is 12.0. The Bertz CT molecular complexity index is 583. The van der Waals surface area contributed by atoms with E-state index in [1.807, 2.05) is 0 Å². The summed E-state index contributed by atoms with van der Waals surface area (Å²) in [5.74, 6) is -12.5. The smallest absolute Gasteiger partial charge is 0.383 e. The molecule has 26 heavy (non-hydrogen) atoms. The zero-order valence-electron chi connectivity index (χ0n) is 14.3. The quantitative estimate of drug-likeness (QED) is 0.259. The van der Waals surface area contributed by atoms with Gasteiger partial charge in [0.2, 0.25) is 0 Å². The van der Waals surface area contributed by atoms with Crippen LogP contribution in [-0.2, 0) is 5.92 Å². The summed E-state index contributed by atoms with van der Waals surface area (Å²) in [6, 6.07) is 0.238. The predicted octanol–water partition coefficient (Wildman–Crippen LogP) is 6.92. The Kier molecular flexibility index (Phi) is 8.15. The van der Waals surface area contributed by atoms with E-state index in [1.54, 1.807) is 0 Å². The van der Waals surface area contributed by atoms with Crippen molar-refractivity contribution < 1.29 is 35.1 Å². The Labute approximate surface area is 146 Å². The SMILES string of the molecule is CCCCCCCCCNc1cc(F)c(F)c(C(F)(F)C(F)(F)F)c1F. The van der Waals surface area contributed by atoms with Crippen LogP contribution >= 0.6 is 0 Å². The normalized spacial score (nSPS) is 12.5. The van der Waals surface area contributed by atoms with Gasteiger partial charge in [0.1, 0.15) is 5.56 Å². The first-order valence-electron chi connectivity index (χ1n) is 8.40. The van der Waals surface area contributed by atoms with E-state index in [9.17, 15) is 35.1 Å². The predicted molar refractivity (Wildman–Crippen MR) is 82.7 cm³/mol. The van der Waals surface area contributed by atoms with Gasteiger partial charge in [-0.25, -0.2) is 13.2 Å². The maximum atomic E-state index is 14.0. The molecule has 0 aliphatic heterocycles. The van der Waals surface area contributed by atoms with Crippen LogP contribution in [0, 0.1) is 17.5 Å². The Balaban J connectivity index is 2.80. The van der Waals surface area contributed by atoms with E-state index in [-0.39, 0.29) is 12.6 Å². The number of alkyl halides is 5. The highest BCUT2D eigenvalue weighted by Crippen LogP contribution is 2.47. The summed E-state index contributed by atoms with van der Waals surface area (Å²) in [6.45, 7) is 2.10. The average molecular weight is 391 g/mol. The van der Waals surface area contributed by atoms with E-state index in [0.717, 1.165) is 38.5 Å². The van der Waals surface area contributed by atoms with Gasteiger partial charge in [-0.2, -0.15) is 22.0 Å². The van der Waals surface area contributed by atoms with E-state index in [4.69, 9.17) is 0 Å². The third kappa shape index (κ3) is 5.48. The number of nitrogens with one attached hydrogen (secondary N) is 1. The van der Waals surface area contributed by atoms with Gasteiger partial charge in [-0.3, -0.25) is 0 Å². The molecule has 1 rings (SSSR count). The van der Waals surface area contributed by atoms with Crippen LogP contribution in [-0.4, -0.2) is 12.7 Å². The maximum Gasteiger partial charge on any atom is 0.458 e. The molecule has 150 valence electrons. The molecule has 0 aromatic heterocycles. The number of hydrogen-bond donors (Lipinski definition) is 1. The molecule has 0 fully saturated rings. The molecule has 0 spiro atoms. The standard InChI is InChI=1S/C17H21F8N/c1-2-3-4-5-6-7-8-9-26-12-10-11(18)14(19)13(15(12)20)16(21,22)17(23,24)25/h10,26H,2-9H2,1H3. The third-order valence-electron chi connectivity index (χ3n) is 3.92. The Morgan fingerprint density at radius 2 is 1.35 bits per heavy atom. The Morgan fingerprint density at radius 3 is 1.88 bits per heavy atom. The molecular formula is C17H21F8N. The minimum atomic E-state index is -6.25. The van der Waals surface area contributed by atoms with Crippen molar-refractivity contribution in [2.45, 2.75) is 64.0 Å². The minimum Gasteiger partial charge on any atom is -0.383 e. The summed E-state index contributed by atoms with van der Waals surface area (Å²) in [5.41, 5.74) is -3.55. The van der Waals surface area contributed by atoms with Crippen molar-refractivity contribution in [1.29, 1.82) is 0 Å².